The maximum Gasteiger partial charge on any atom is 0.309 e. The molecule has 1 aliphatic rings. The molecule has 108 valence electrons. The molecule has 0 aromatic heterocycles. The lowest BCUT2D eigenvalue weighted by molar-refractivity contribution is -0.150. The van der Waals surface area contributed by atoms with Gasteiger partial charge in [0.15, 0.2) is 0 Å². The number of rotatable bonds is 2. The number of halogens is 2. The molecule has 1 saturated heterocycles. The molecular formula is C14H15BrFNO3. The fraction of sp³-hybridized carbons (Fsp3) is 0.429. The molecule has 6 heteroatoms. The Balaban J connectivity index is 2.11. The van der Waals surface area contributed by atoms with E-state index >= 15 is 0 Å². The van der Waals surface area contributed by atoms with Gasteiger partial charge in [-0.2, -0.15) is 0 Å². The maximum absolute atomic E-state index is 13.8. The average Bonchev–Trinajstić information content (AvgIpc) is 2.38. The van der Waals surface area contributed by atoms with Crippen molar-refractivity contribution in [3.05, 3.63) is 34.1 Å². The molecule has 0 radical (unpaired) electrons. The van der Waals surface area contributed by atoms with Crippen molar-refractivity contribution in [1.82, 2.24) is 4.90 Å². The number of carboxylic acids is 1. The quantitative estimate of drug-likeness (QED) is 0.898. The molecule has 2 rings (SSSR count). The van der Waals surface area contributed by atoms with Crippen LogP contribution in [0.3, 0.4) is 0 Å². The number of piperidine rings is 1. The van der Waals surface area contributed by atoms with E-state index in [9.17, 15) is 14.0 Å². The summed E-state index contributed by atoms with van der Waals surface area (Å²) in [5, 5.41) is 9.15. The van der Waals surface area contributed by atoms with E-state index < -0.39 is 17.2 Å². The Morgan fingerprint density at radius 3 is 2.45 bits per heavy atom. The van der Waals surface area contributed by atoms with Crippen LogP contribution in [0.15, 0.2) is 22.7 Å². The van der Waals surface area contributed by atoms with Gasteiger partial charge in [-0.3, -0.25) is 9.59 Å². The summed E-state index contributed by atoms with van der Waals surface area (Å²) in [5.74, 6) is -1.81. The van der Waals surface area contributed by atoms with Gasteiger partial charge in [-0.15, -0.1) is 0 Å². The number of benzene rings is 1. The minimum absolute atomic E-state index is 0.0205. The summed E-state index contributed by atoms with van der Waals surface area (Å²) >= 11 is 3.14. The summed E-state index contributed by atoms with van der Waals surface area (Å²) in [7, 11) is 0. The van der Waals surface area contributed by atoms with Crippen molar-refractivity contribution in [3.8, 4) is 0 Å². The van der Waals surface area contributed by atoms with E-state index in [-0.39, 0.29) is 11.5 Å². The molecule has 1 N–H and O–H groups in total. The van der Waals surface area contributed by atoms with Gasteiger partial charge in [-0.25, -0.2) is 4.39 Å². The first kappa shape index (κ1) is 15.0. The van der Waals surface area contributed by atoms with Crippen LogP contribution < -0.4 is 0 Å². The maximum atomic E-state index is 13.8. The molecular weight excluding hydrogens is 329 g/mol. The minimum Gasteiger partial charge on any atom is -0.481 e. The second-order valence-corrected chi connectivity index (χ2v) is 6.20. The molecule has 0 unspecified atom stereocenters. The van der Waals surface area contributed by atoms with E-state index in [0.29, 0.717) is 30.4 Å². The van der Waals surface area contributed by atoms with E-state index in [1.807, 2.05) is 0 Å². The Kier molecular flexibility index (Phi) is 4.13. The topological polar surface area (TPSA) is 57.6 Å². The molecule has 1 aliphatic heterocycles. The number of carbonyl (C=O) groups is 2. The monoisotopic (exact) mass is 343 g/mol. The van der Waals surface area contributed by atoms with Crippen molar-refractivity contribution >= 4 is 27.8 Å². The Morgan fingerprint density at radius 2 is 1.95 bits per heavy atom. The van der Waals surface area contributed by atoms with Crippen molar-refractivity contribution in [2.75, 3.05) is 13.1 Å². The third kappa shape index (κ3) is 2.85. The molecule has 0 aliphatic carbocycles. The highest BCUT2D eigenvalue weighted by atomic mass is 79.9. The number of amides is 1. The van der Waals surface area contributed by atoms with Gasteiger partial charge in [0.25, 0.3) is 5.91 Å². The Bertz CT molecular complexity index is 553. The number of carbonyl (C=O) groups excluding carboxylic acids is 1. The normalized spacial score (nSPS) is 17.9. The van der Waals surface area contributed by atoms with Crippen molar-refractivity contribution in [2.24, 2.45) is 5.41 Å². The lowest BCUT2D eigenvalue weighted by Crippen LogP contribution is -2.45. The highest BCUT2D eigenvalue weighted by Gasteiger charge is 2.38. The van der Waals surface area contributed by atoms with E-state index in [1.54, 1.807) is 13.0 Å². The van der Waals surface area contributed by atoms with Gasteiger partial charge in [0.2, 0.25) is 0 Å². The van der Waals surface area contributed by atoms with Crippen LogP contribution in [0.25, 0.3) is 0 Å². The van der Waals surface area contributed by atoms with Crippen LogP contribution in [0.5, 0.6) is 0 Å². The number of hydrogen-bond acceptors (Lipinski definition) is 2. The number of carboxylic acid groups (broad SMARTS) is 1. The zero-order valence-electron chi connectivity index (χ0n) is 11.0. The molecule has 1 aromatic rings. The smallest absolute Gasteiger partial charge is 0.309 e. The number of hydrogen-bond donors (Lipinski definition) is 1. The van der Waals surface area contributed by atoms with Crippen molar-refractivity contribution in [2.45, 2.75) is 19.8 Å². The van der Waals surface area contributed by atoms with Gasteiger partial charge in [-0.05, 0) is 38.0 Å². The molecule has 0 bridgehead atoms. The third-order valence-electron chi connectivity index (χ3n) is 3.83. The minimum atomic E-state index is -0.848. The summed E-state index contributed by atoms with van der Waals surface area (Å²) in [6, 6.07) is 4.30. The zero-order chi connectivity index (χ0) is 14.9. The second-order valence-electron chi connectivity index (χ2n) is 5.28. The highest BCUT2D eigenvalue weighted by molar-refractivity contribution is 9.10. The Hall–Kier alpha value is -1.43. The first-order valence-corrected chi connectivity index (χ1v) is 7.10. The molecule has 4 nitrogen and oxygen atoms in total. The van der Waals surface area contributed by atoms with Crippen molar-refractivity contribution in [1.29, 1.82) is 0 Å². The summed E-state index contributed by atoms with van der Waals surface area (Å²) in [6.07, 6.45) is 0.762. The first-order valence-electron chi connectivity index (χ1n) is 6.31. The molecule has 0 atom stereocenters. The largest absolute Gasteiger partial charge is 0.481 e. The summed E-state index contributed by atoms with van der Waals surface area (Å²) in [6.45, 7) is 2.34. The van der Waals surface area contributed by atoms with Crippen LogP contribution >= 0.6 is 15.9 Å². The van der Waals surface area contributed by atoms with Crippen LogP contribution in [-0.2, 0) is 4.79 Å². The van der Waals surface area contributed by atoms with Crippen LogP contribution in [0, 0.1) is 11.2 Å². The number of nitrogens with zero attached hydrogens (tertiary/aromatic N) is 1. The van der Waals surface area contributed by atoms with Gasteiger partial charge in [0, 0.05) is 17.6 Å². The molecule has 20 heavy (non-hydrogen) atoms. The van der Waals surface area contributed by atoms with Crippen molar-refractivity contribution in [3.63, 3.8) is 0 Å². The van der Waals surface area contributed by atoms with Crippen LogP contribution in [0.1, 0.15) is 30.1 Å². The second kappa shape index (κ2) is 5.52. The van der Waals surface area contributed by atoms with Gasteiger partial charge < -0.3 is 10.0 Å². The van der Waals surface area contributed by atoms with E-state index in [2.05, 4.69) is 15.9 Å². The van der Waals surface area contributed by atoms with Gasteiger partial charge >= 0.3 is 5.97 Å². The number of likely N-dealkylation sites (tertiary alicyclic amines) is 1. The number of aliphatic carboxylic acids is 1. The van der Waals surface area contributed by atoms with Crippen LogP contribution in [0.4, 0.5) is 4.39 Å². The molecule has 1 fully saturated rings. The Labute approximate surface area is 124 Å². The molecule has 0 spiro atoms. The fourth-order valence-electron chi connectivity index (χ4n) is 2.25. The van der Waals surface area contributed by atoms with Crippen molar-refractivity contribution < 1.29 is 19.1 Å². The predicted octanol–water partition coefficient (Wildman–Crippen LogP) is 2.92. The SMILES string of the molecule is CC1(C(=O)O)CCN(C(=O)c2ccc(Br)cc2F)CC1. The van der Waals surface area contributed by atoms with Gasteiger partial charge in [0.1, 0.15) is 5.82 Å². The average molecular weight is 344 g/mol. The Morgan fingerprint density at radius 1 is 1.35 bits per heavy atom. The molecule has 1 amide bonds. The summed E-state index contributed by atoms with van der Waals surface area (Å²) < 4.78 is 14.3. The summed E-state index contributed by atoms with van der Waals surface area (Å²) in [5.41, 5.74) is -0.776. The standard InChI is InChI=1S/C14H15BrFNO3/c1-14(13(19)20)4-6-17(7-5-14)12(18)10-3-2-9(15)8-11(10)16/h2-3,8H,4-7H2,1H3,(H,19,20). The molecule has 1 aromatic carbocycles. The molecule has 0 saturated carbocycles. The first-order chi connectivity index (χ1) is 9.33. The third-order valence-corrected chi connectivity index (χ3v) is 4.33. The van der Waals surface area contributed by atoms with E-state index in [1.165, 1.54) is 17.0 Å². The predicted molar refractivity (Wildman–Crippen MR) is 75.0 cm³/mol. The zero-order valence-corrected chi connectivity index (χ0v) is 12.6. The lowest BCUT2D eigenvalue weighted by atomic mass is 9.80. The van der Waals surface area contributed by atoms with E-state index in [4.69, 9.17) is 5.11 Å². The highest BCUT2D eigenvalue weighted by Crippen LogP contribution is 2.31. The van der Waals surface area contributed by atoms with Gasteiger partial charge in [0.05, 0.1) is 11.0 Å². The van der Waals surface area contributed by atoms with Crippen LogP contribution in [0.2, 0.25) is 0 Å². The van der Waals surface area contributed by atoms with Gasteiger partial charge in [-0.1, -0.05) is 15.9 Å². The van der Waals surface area contributed by atoms with Crippen LogP contribution in [-0.4, -0.2) is 35.0 Å². The van der Waals surface area contributed by atoms with E-state index in [0.717, 1.165) is 0 Å². The lowest BCUT2D eigenvalue weighted by Gasteiger charge is -2.36. The molecule has 1 heterocycles. The fourth-order valence-corrected chi connectivity index (χ4v) is 2.58. The summed E-state index contributed by atoms with van der Waals surface area (Å²) in [4.78, 5) is 24.9.